The average molecular weight is 262 g/mol. The molecule has 1 fully saturated rings. The summed E-state index contributed by atoms with van der Waals surface area (Å²) in [5.74, 6) is 0. The maximum Gasteiger partial charge on any atom is 0.0948 e. The first-order valence-corrected chi connectivity index (χ1v) is 7.19. The normalized spacial score (nSPS) is 21.3. The van der Waals surface area contributed by atoms with Crippen molar-refractivity contribution in [2.75, 3.05) is 26.7 Å². The standard InChI is InChI=1S/C13H18N4S/c1-17-5-4-15-11(8-17)6-13-16-12(9-18-13)10-2-3-14-7-10/h2-3,7,9,11,14-15H,4-6,8H2,1H3. The molecule has 1 aliphatic heterocycles. The second kappa shape index (κ2) is 5.22. The Morgan fingerprint density at radius 2 is 2.50 bits per heavy atom. The van der Waals surface area contributed by atoms with Gasteiger partial charge in [-0.1, -0.05) is 0 Å². The predicted molar refractivity (Wildman–Crippen MR) is 74.9 cm³/mol. The molecule has 18 heavy (non-hydrogen) atoms. The lowest BCUT2D eigenvalue weighted by molar-refractivity contribution is 0.238. The number of piperazine rings is 1. The molecule has 1 saturated heterocycles. The van der Waals surface area contributed by atoms with Gasteiger partial charge in [0, 0.05) is 55.4 Å². The largest absolute Gasteiger partial charge is 0.367 e. The molecular formula is C13H18N4S. The summed E-state index contributed by atoms with van der Waals surface area (Å²) in [6.45, 7) is 3.33. The number of aromatic amines is 1. The molecule has 0 bridgehead atoms. The second-order valence-corrected chi connectivity index (χ2v) is 5.79. The smallest absolute Gasteiger partial charge is 0.0948 e. The van der Waals surface area contributed by atoms with Crippen molar-refractivity contribution in [3.63, 3.8) is 0 Å². The third-order valence-corrected chi connectivity index (χ3v) is 4.20. The number of hydrogen-bond acceptors (Lipinski definition) is 4. The molecule has 0 aliphatic carbocycles. The SMILES string of the molecule is CN1CCNC(Cc2nc(-c3cc[nH]c3)cs2)C1. The van der Waals surface area contributed by atoms with Gasteiger partial charge in [0.1, 0.15) is 0 Å². The highest BCUT2D eigenvalue weighted by atomic mass is 32.1. The highest BCUT2D eigenvalue weighted by molar-refractivity contribution is 7.09. The van der Waals surface area contributed by atoms with Crippen LogP contribution in [0.5, 0.6) is 0 Å². The third kappa shape index (κ3) is 2.63. The quantitative estimate of drug-likeness (QED) is 0.883. The first-order valence-electron chi connectivity index (χ1n) is 6.31. The van der Waals surface area contributed by atoms with Gasteiger partial charge in [-0.2, -0.15) is 0 Å². The first kappa shape index (κ1) is 11.9. The summed E-state index contributed by atoms with van der Waals surface area (Å²) in [7, 11) is 2.18. The van der Waals surface area contributed by atoms with Crippen molar-refractivity contribution in [3.05, 3.63) is 28.8 Å². The van der Waals surface area contributed by atoms with Crippen molar-refractivity contribution >= 4 is 11.3 Å². The van der Waals surface area contributed by atoms with Crippen LogP contribution in [0.25, 0.3) is 11.3 Å². The van der Waals surface area contributed by atoms with Gasteiger partial charge in [0.2, 0.25) is 0 Å². The fourth-order valence-electron chi connectivity index (χ4n) is 2.36. The monoisotopic (exact) mass is 262 g/mol. The molecule has 2 aromatic heterocycles. The first-order chi connectivity index (χ1) is 8.81. The van der Waals surface area contributed by atoms with Crippen molar-refractivity contribution in [2.24, 2.45) is 0 Å². The number of H-pyrrole nitrogens is 1. The molecule has 96 valence electrons. The van der Waals surface area contributed by atoms with Crippen LogP contribution < -0.4 is 5.32 Å². The van der Waals surface area contributed by atoms with Crippen molar-refractivity contribution < 1.29 is 0 Å². The lowest BCUT2D eigenvalue weighted by Crippen LogP contribution is -2.49. The van der Waals surface area contributed by atoms with E-state index >= 15 is 0 Å². The molecule has 3 heterocycles. The molecule has 0 amide bonds. The molecule has 5 heteroatoms. The zero-order valence-electron chi connectivity index (χ0n) is 10.5. The Balaban J connectivity index is 1.66. The summed E-state index contributed by atoms with van der Waals surface area (Å²) < 4.78 is 0. The van der Waals surface area contributed by atoms with Crippen molar-refractivity contribution in [1.82, 2.24) is 20.2 Å². The van der Waals surface area contributed by atoms with Crippen LogP contribution in [0, 0.1) is 0 Å². The van der Waals surface area contributed by atoms with Gasteiger partial charge < -0.3 is 15.2 Å². The molecule has 0 spiro atoms. The summed E-state index contributed by atoms with van der Waals surface area (Å²) in [6.07, 6.45) is 4.96. The number of nitrogens with one attached hydrogen (secondary N) is 2. The van der Waals surface area contributed by atoms with E-state index in [1.807, 2.05) is 12.4 Å². The van der Waals surface area contributed by atoms with E-state index in [0.29, 0.717) is 6.04 Å². The molecule has 0 saturated carbocycles. The zero-order valence-corrected chi connectivity index (χ0v) is 11.3. The van der Waals surface area contributed by atoms with Gasteiger partial charge in [0.15, 0.2) is 0 Å². The minimum Gasteiger partial charge on any atom is -0.367 e. The van der Waals surface area contributed by atoms with E-state index in [0.717, 1.165) is 31.7 Å². The van der Waals surface area contributed by atoms with E-state index in [2.05, 4.69) is 33.7 Å². The lowest BCUT2D eigenvalue weighted by Gasteiger charge is -2.30. The van der Waals surface area contributed by atoms with Gasteiger partial charge in [-0.3, -0.25) is 0 Å². The minimum atomic E-state index is 0.536. The molecule has 2 N–H and O–H groups in total. The Bertz CT molecular complexity index is 491. The van der Waals surface area contributed by atoms with E-state index in [-0.39, 0.29) is 0 Å². The fraction of sp³-hybridized carbons (Fsp3) is 0.462. The Morgan fingerprint density at radius 1 is 1.56 bits per heavy atom. The van der Waals surface area contributed by atoms with Crippen LogP contribution in [0.2, 0.25) is 0 Å². The Morgan fingerprint density at radius 3 is 3.28 bits per heavy atom. The van der Waals surface area contributed by atoms with Gasteiger partial charge >= 0.3 is 0 Å². The Kier molecular flexibility index (Phi) is 3.45. The minimum absolute atomic E-state index is 0.536. The molecule has 3 rings (SSSR count). The zero-order chi connectivity index (χ0) is 12.4. The molecular weight excluding hydrogens is 244 g/mol. The van der Waals surface area contributed by atoms with Crippen molar-refractivity contribution in [1.29, 1.82) is 0 Å². The van der Waals surface area contributed by atoms with Gasteiger partial charge in [0.25, 0.3) is 0 Å². The number of nitrogens with zero attached hydrogens (tertiary/aromatic N) is 2. The van der Waals surface area contributed by atoms with Crippen LogP contribution in [0.4, 0.5) is 0 Å². The summed E-state index contributed by atoms with van der Waals surface area (Å²) in [5, 5.41) is 6.93. The number of rotatable bonds is 3. The molecule has 1 atom stereocenters. The van der Waals surface area contributed by atoms with Crippen LogP contribution in [0.15, 0.2) is 23.8 Å². The van der Waals surface area contributed by atoms with E-state index < -0.39 is 0 Å². The molecule has 0 aromatic carbocycles. The van der Waals surface area contributed by atoms with Crippen LogP contribution in [-0.2, 0) is 6.42 Å². The molecule has 4 nitrogen and oxygen atoms in total. The van der Waals surface area contributed by atoms with Crippen LogP contribution in [-0.4, -0.2) is 47.6 Å². The Hall–Kier alpha value is -1.17. The van der Waals surface area contributed by atoms with E-state index in [9.17, 15) is 0 Å². The highest BCUT2D eigenvalue weighted by Gasteiger charge is 2.18. The van der Waals surface area contributed by atoms with Crippen LogP contribution >= 0.6 is 11.3 Å². The molecule has 2 aromatic rings. The number of aromatic nitrogens is 2. The molecule has 0 radical (unpaired) electrons. The van der Waals surface area contributed by atoms with Gasteiger partial charge in [-0.05, 0) is 13.1 Å². The van der Waals surface area contributed by atoms with Gasteiger partial charge in [-0.25, -0.2) is 4.98 Å². The summed E-state index contributed by atoms with van der Waals surface area (Å²) in [5.41, 5.74) is 2.26. The maximum atomic E-state index is 4.71. The number of hydrogen-bond donors (Lipinski definition) is 2. The van der Waals surface area contributed by atoms with Crippen molar-refractivity contribution in [2.45, 2.75) is 12.5 Å². The molecule has 1 aliphatic rings. The third-order valence-electron chi connectivity index (χ3n) is 3.33. The van der Waals surface area contributed by atoms with Crippen molar-refractivity contribution in [3.8, 4) is 11.3 Å². The van der Waals surface area contributed by atoms with E-state index in [1.54, 1.807) is 11.3 Å². The van der Waals surface area contributed by atoms with Gasteiger partial charge in [0.05, 0.1) is 10.7 Å². The second-order valence-electron chi connectivity index (χ2n) is 4.84. The van der Waals surface area contributed by atoms with E-state index in [1.165, 1.54) is 10.6 Å². The maximum absolute atomic E-state index is 4.71. The Labute approximate surface area is 111 Å². The molecule has 1 unspecified atom stereocenters. The van der Waals surface area contributed by atoms with Crippen LogP contribution in [0.3, 0.4) is 0 Å². The number of likely N-dealkylation sites (N-methyl/N-ethyl adjacent to an activating group) is 1. The van der Waals surface area contributed by atoms with Crippen LogP contribution in [0.1, 0.15) is 5.01 Å². The fourth-order valence-corrected chi connectivity index (χ4v) is 3.24. The van der Waals surface area contributed by atoms with Gasteiger partial charge in [-0.15, -0.1) is 11.3 Å². The average Bonchev–Trinajstić information content (AvgIpc) is 2.98. The summed E-state index contributed by atoms with van der Waals surface area (Å²) in [6, 6.07) is 2.60. The summed E-state index contributed by atoms with van der Waals surface area (Å²) >= 11 is 1.76. The van der Waals surface area contributed by atoms with E-state index in [4.69, 9.17) is 4.98 Å². The highest BCUT2D eigenvalue weighted by Crippen LogP contribution is 2.22. The predicted octanol–water partition coefficient (Wildman–Crippen LogP) is 1.58. The number of thiazole rings is 1. The summed E-state index contributed by atoms with van der Waals surface area (Å²) in [4.78, 5) is 10.2. The lowest BCUT2D eigenvalue weighted by atomic mass is 10.1. The topological polar surface area (TPSA) is 44.0 Å².